The van der Waals surface area contributed by atoms with Crippen LogP contribution in [0, 0.1) is 12.7 Å². The van der Waals surface area contributed by atoms with Crippen molar-refractivity contribution >= 4 is 18.3 Å². The zero-order chi connectivity index (χ0) is 20.4. The number of nitrogens with zero attached hydrogens (tertiary/aromatic N) is 5. The van der Waals surface area contributed by atoms with Crippen molar-refractivity contribution in [3.05, 3.63) is 47.4 Å². The predicted molar refractivity (Wildman–Crippen MR) is 109 cm³/mol. The van der Waals surface area contributed by atoms with Gasteiger partial charge in [0.15, 0.2) is 5.69 Å². The van der Waals surface area contributed by atoms with Gasteiger partial charge in [0.05, 0.1) is 11.7 Å². The number of halogens is 2. The lowest BCUT2D eigenvalue weighted by Gasteiger charge is -2.23. The first-order chi connectivity index (χ1) is 14.0. The monoisotopic (exact) mass is 435 g/mol. The van der Waals surface area contributed by atoms with Gasteiger partial charge in [-0.3, -0.25) is 4.79 Å². The molecule has 1 saturated heterocycles. The van der Waals surface area contributed by atoms with Crippen LogP contribution >= 0.6 is 12.4 Å². The van der Waals surface area contributed by atoms with Crippen LogP contribution in [0.1, 0.15) is 53.9 Å². The van der Waals surface area contributed by atoms with Crippen LogP contribution in [-0.2, 0) is 0 Å². The van der Waals surface area contributed by atoms with Crippen LogP contribution in [0.2, 0.25) is 0 Å². The van der Waals surface area contributed by atoms with Crippen LogP contribution in [0.25, 0.3) is 11.4 Å². The van der Waals surface area contributed by atoms with E-state index < -0.39 is 6.04 Å². The van der Waals surface area contributed by atoms with Crippen LogP contribution in [0.4, 0.5) is 4.39 Å². The van der Waals surface area contributed by atoms with E-state index in [9.17, 15) is 9.18 Å². The van der Waals surface area contributed by atoms with Crippen LogP contribution in [0.15, 0.2) is 28.8 Å². The first-order valence-corrected chi connectivity index (χ1v) is 9.56. The lowest BCUT2D eigenvalue weighted by atomic mass is 10.1. The Morgan fingerprint density at radius 1 is 1.37 bits per heavy atom. The highest BCUT2D eigenvalue weighted by atomic mass is 35.5. The molecular weight excluding hydrogens is 413 g/mol. The van der Waals surface area contributed by atoms with E-state index in [2.05, 4.69) is 31.1 Å². The summed E-state index contributed by atoms with van der Waals surface area (Å²) >= 11 is 0. The number of rotatable bonds is 5. The summed E-state index contributed by atoms with van der Waals surface area (Å²) < 4.78 is 20.5. The molecule has 2 N–H and O–H groups in total. The molecule has 1 atom stereocenters. The predicted octanol–water partition coefficient (Wildman–Crippen LogP) is 2.61. The van der Waals surface area contributed by atoms with Gasteiger partial charge < -0.3 is 15.2 Å². The van der Waals surface area contributed by atoms with Gasteiger partial charge in [0, 0.05) is 5.56 Å². The van der Waals surface area contributed by atoms with Gasteiger partial charge >= 0.3 is 0 Å². The van der Waals surface area contributed by atoms with Crippen molar-refractivity contribution < 1.29 is 13.7 Å². The molecule has 0 spiro atoms. The molecule has 30 heavy (non-hydrogen) atoms. The number of aromatic nitrogens is 5. The van der Waals surface area contributed by atoms with Crippen molar-refractivity contribution in [2.75, 3.05) is 13.1 Å². The van der Waals surface area contributed by atoms with Crippen molar-refractivity contribution in [1.29, 1.82) is 0 Å². The second kappa shape index (κ2) is 9.31. The third-order valence-corrected chi connectivity index (χ3v) is 5.04. The highest BCUT2D eigenvalue weighted by Crippen LogP contribution is 2.22. The fraction of sp³-hybridized carbons (Fsp3) is 0.421. The number of hydrogen-bond donors (Lipinski definition) is 2. The molecule has 0 bridgehead atoms. The zero-order valence-corrected chi connectivity index (χ0v) is 17.4. The Morgan fingerprint density at radius 3 is 2.87 bits per heavy atom. The number of nitrogens with one attached hydrogen (secondary N) is 2. The second-order valence-corrected chi connectivity index (χ2v) is 7.11. The Morgan fingerprint density at radius 2 is 2.13 bits per heavy atom. The normalized spacial score (nSPS) is 15.4. The number of benzene rings is 1. The van der Waals surface area contributed by atoms with Crippen LogP contribution in [0.5, 0.6) is 0 Å². The minimum absolute atomic E-state index is 0. The van der Waals surface area contributed by atoms with E-state index in [-0.39, 0.29) is 47.6 Å². The lowest BCUT2D eigenvalue weighted by molar-refractivity contribution is 0.0926. The zero-order valence-electron chi connectivity index (χ0n) is 16.6. The Bertz CT molecular complexity index is 1020. The highest BCUT2D eigenvalue weighted by Gasteiger charge is 2.25. The largest absolute Gasteiger partial charge is 0.339 e. The first-order valence-electron chi connectivity index (χ1n) is 9.56. The average molecular weight is 436 g/mol. The Balaban J connectivity index is 0.00000256. The molecule has 0 radical (unpaired) electrons. The number of carbonyl (C=O) groups excluding carboxylic acids is 1. The van der Waals surface area contributed by atoms with E-state index in [1.807, 2.05) is 11.6 Å². The molecule has 3 aromatic rings. The maximum atomic E-state index is 13.4. The van der Waals surface area contributed by atoms with E-state index in [1.165, 1.54) is 12.1 Å². The topological polar surface area (TPSA) is 111 Å². The van der Waals surface area contributed by atoms with Gasteiger partial charge in [0.1, 0.15) is 11.9 Å². The highest BCUT2D eigenvalue weighted by molar-refractivity contribution is 5.93. The van der Waals surface area contributed by atoms with Crippen molar-refractivity contribution in [2.24, 2.45) is 0 Å². The summed E-state index contributed by atoms with van der Waals surface area (Å²) in [7, 11) is 0. The fourth-order valence-electron chi connectivity index (χ4n) is 3.43. The third kappa shape index (κ3) is 4.49. The third-order valence-electron chi connectivity index (χ3n) is 5.04. The number of piperidine rings is 1. The maximum Gasteiger partial charge on any atom is 0.274 e. The standard InChI is InChI=1S/C19H22FN7O2.ClH/c1-11(19-23-17(25-29-19)13-4-3-5-14(20)10-13)22-18(28)16-12(2)27(26-24-16)15-6-8-21-9-7-15;/h3-5,10-11,15,21H,6-9H2,1-2H3,(H,22,28);1H. The summed E-state index contributed by atoms with van der Waals surface area (Å²) in [5.74, 6) is -0.266. The minimum atomic E-state index is -0.541. The molecule has 1 aromatic carbocycles. The van der Waals surface area contributed by atoms with Crippen LogP contribution in [-0.4, -0.2) is 44.1 Å². The molecule has 1 aliphatic rings. The van der Waals surface area contributed by atoms with Gasteiger partial charge in [-0.15, -0.1) is 17.5 Å². The van der Waals surface area contributed by atoms with Gasteiger partial charge in [-0.25, -0.2) is 9.07 Å². The molecule has 2 aromatic heterocycles. The minimum Gasteiger partial charge on any atom is -0.339 e. The van der Waals surface area contributed by atoms with Gasteiger partial charge in [-0.2, -0.15) is 4.98 Å². The summed E-state index contributed by atoms with van der Waals surface area (Å²) in [6.07, 6.45) is 1.90. The Kier molecular flexibility index (Phi) is 6.78. The summed E-state index contributed by atoms with van der Waals surface area (Å²) in [6.45, 7) is 5.42. The van der Waals surface area contributed by atoms with Crippen molar-refractivity contribution in [3.8, 4) is 11.4 Å². The van der Waals surface area contributed by atoms with Gasteiger partial charge in [-0.05, 0) is 51.9 Å². The smallest absolute Gasteiger partial charge is 0.274 e. The second-order valence-electron chi connectivity index (χ2n) is 7.11. The SMILES string of the molecule is Cc1c(C(=O)NC(C)c2nc(-c3cccc(F)c3)no2)nnn1C1CCNCC1.Cl. The lowest BCUT2D eigenvalue weighted by Crippen LogP contribution is -2.31. The van der Waals surface area contributed by atoms with E-state index in [0.29, 0.717) is 5.56 Å². The van der Waals surface area contributed by atoms with E-state index in [1.54, 1.807) is 19.1 Å². The van der Waals surface area contributed by atoms with Crippen LogP contribution < -0.4 is 10.6 Å². The molecule has 3 heterocycles. The quantitative estimate of drug-likeness (QED) is 0.633. The summed E-state index contributed by atoms with van der Waals surface area (Å²) in [5, 5.41) is 18.2. The van der Waals surface area contributed by atoms with Crippen molar-refractivity contribution in [2.45, 2.75) is 38.8 Å². The molecule has 1 unspecified atom stereocenters. The average Bonchev–Trinajstić information content (AvgIpc) is 3.36. The Hall–Kier alpha value is -2.85. The number of carbonyl (C=O) groups is 1. The summed E-state index contributed by atoms with van der Waals surface area (Å²) in [4.78, 5) is 17.0. The van der Waals surface area contributed by atoms with Gasteiger partial charge in [-0.1, -0.05) is 22.5 Å². The van der Waals surface area contributed by atoms with Crippen LogP contribution in [0.3, 0.4) is 0 Å². The van der Waals surface area contributed by atoms with Gasteiger partial charge in [0.25, 0.3) is 5.91 Å². The van der Waals surface area contributed by atoms with E-state index >= 15 is 0 Å². The first kappa shape index (κ1) is 21.8. The number of amides is 1. The van der Waals surface area contributed by atoms with E-state index in [0.717, 1.165) is 31.6 Å². The van der Waals surface area contributed by atoms with Crippen molar-refractivity contribution in [3.63, 3.8) is 0 Å². The molecule has 0 saturated carbocycles. The Labute approximate surface area is 178 Å². The van der Waals surface area contributed by atoms with E-state index in [4.69, 9.17) is 4.52 Å². The molecule has 11 heteroatoms. The molecule has 1 aliphatic heterocycles. The molecule has 4 rings (SSSR count). The summed E-state index contributed by atoms with van der Waals surface area (Å²) in [5.41, 5.74) is 1.51. The number of hydrogen-bond acceptors (Lipinski definition) is 7. The fourth-order valence-corrected chi connectivity index (χ4v) is 3.43. The summed E-state index contributed by atoms with van der Waals surface area (Å²) in [6, 6.07) is 5.62. The molecular formula is C19H23ClFN7O2. The van der Waals surface area contributed by atoms with Gasteiger partial charge in [0.2, 0.25) is 11.7 Å². The van der Waals surface area contributed by atoms with Crippen molar-refractivity contribution in [1.82, 2.24) is 35.8 Å². The molecule has 1 amide bonds. The maximum absolute atomic E-state index is 13.4. The molecule has 9 nitrogen and oxygen atoms in total. The molecule has 1 fully saturated rings. The molecule has 160 valence electrons. The molecule has 0 aliphatic carbocycles.